The molecule has 0 aliphatic heterocycles. The Hall–Kier alpha value is -6.52. The quantitative estimate of drug-likeness (QED) is 0.188. The van der Waals surface area contributed by atoms with Crippen molar-refractivity contribution in [2.45, 2.75) is 12.8 Å². The molecule has 1 aliphatic carbocycles. The van der Waals surface area contributed by atoms with Gasteiger partial charge in [0, 0.05) is 49.9 Å². The fraction of sp³-hybridized carbons (Fsp3) is 0.0435. The zero-order valence-corrected chi connectivity index (χ0v) is 27.4. The first kappa shape index (κ1) is 28.5. The molecular weight excluding hydrogens is 609 g/mol. The van der Waals surface area contributed by atoms with Gasteiger partial charge in [-0.15, -0.1) is 0 Å². The number of aromatic nitrogens is 4. The van der Waals surface area contributed by atoms with Gasteiger partial charge in [0.25, 0.3) is 0 Å². The maximum atomic E-state index is 5.11. The topological polar surface area (TPSA) is 35.6 Å². The number of hydrogen-bond donors (Lipinski definition) is 0. The largest absolute Gasteiger partial charge is 0.310 e. The smallest absolute Gasteiger partial charge is 0.160 e. The summed E-state index contributed by atoms with van der Waals surface area (Å²) >= 11 is 0. The number of hydrogen-bond acceptors (Lipinski definition) is 2. The van der Waals surface area contributed by atoms with Gasteiger partial charge in [-0.25, -0.2) is 9.97 Å². The third-order valence-corrected chi connectivity index (χ3v) is 10.0. The lowest BCUT2D eigenvalue weighted by atomic mass is 10.0. The minimum atomic E-state index is 0.712. The molecule has 3 aromatic heterocycles. The highest BCUT2D eigenvalue weighted by Crippen LogP contribution is 2.36. The van der Waals surface area contributed by atoms with Gasteiger partial charge < -0.3 is 9.13 Å². The summed E-state index contributed by atoms with van der Waals surface area (Å²) in [6.07, 6.45) is 6.73. The minimum Gasteiger partial charge on any atom is -0.310 e. The normalized spacial score (nSPS) is 12.6. The van der Waals surface area contributed by atoms with Crippen LogP contribution in [-0.2, 0) is 6.42 Å². The Balaban J connectivity index is 1.07. The van der Waals surface area contributed by atoms with Gasteiger partial charge in [-0.3, -0.25) is 0 Å². The maximum absolute atomic E-state index is 5.11. The molecule has 236 valence electrons. The van der Waals surface area contributed by atoms with E-state index in [1.807, 2.05) is 18.2 Å². The lowest BCUT2D eigenvalue weighted by molar-refractivity contribution is 0.967. The molecular formula is C46H32N4. The van der Waals surface area contributed by atoms with Crippen molar-refractivity contribution in [1.82, 2.24) is 19.1 Å². The molecule has 0 atom stereocenters. The first-order chi connectivity index (χ1) is 24.8. The summed E-state index contributed by atoms with van der Waals surface area (Å²) in [4.78, 5) is 10.2. The monoisotopic (exact) mass is 640 g/mol. The van der Waals surface area contributed by atoms with Gasteiger partial charge in [-0.2, -0.15) is 0 Å². The molecule has 0 amide bonds. The van der Waals surface area contributed by atoms with E-state index >= 15 is 0 Å². The highest BCUT2D eigenvalue weighted by Gasteiger charge is 2.19. The number of fused-ring (bicyclic) bond motifs is 6. The van der Waals surface area contributed by atoms with Crippen molar-refractivity contribution in [3.05, 3.63) is 175 Å². The second-order valence-electron chi connectivity index (χ2n) is 12.9. The molecule has 1 aliphatic rings. The van der Waals surface area contributed by atoms with Gasteiger partial charge in [-0.05, 0) is 73.0 Å². The summed E-state index contributed by atoms with van der Waals surface area (Å²) in [5.41, 5.74) is 13.5. The Morgan fingerprint density at radius 2 is 0.940 bits per heavy atom. The van der Waals surface area contributed by atoms with Crippen molar-refractivity contribution >= 4 is 38.8 Å². The third kappa shape index (κ3) is 4.61. The van der Waals surface area contributed by atoms with Gasteiger partial charge in [0.1, 0.15) is 0 Å². The molecule has 50 heavy (non-hydrogen) atoms. The molecule has 0 bridgehead atoms. The predicted molar refractivity (Wildman–Crippen MR) is 207 cm³/mol. The van der Waals surface area contributed by atoms with Crippen LogP contribution in [0.15, 0.2) is 164 Å². The molecule has 0 saturated heterocycles. The second kappa shape index (κ2) is 11.6. The van der Waals surface area contributed by atoms with E-state index in [0.717, 1.165) is 52.3 Å². The number of aryl methyl sites for hydroxylation is 1. The molecule has 4 nitrogen and oxygen atoms in total. The van der Waals surface area contributed by atoms with Crippen LogP contribution in [0.2, 0.25) is 0 Å². The van der Waals surface area contributed by atoms with Crippen LogP contribution < -0.4 is 0 Å². The van der Waals surface area contributed by atoms with Gasteiger partial charge >= 0.3 is 0 Å². The van der Waals surface area contributed by atoms with E-state index in [-0.39, 0.29) is 0 Å². The average molecular weight is 641 g/mol. The van der Waals surface area contributed by atoms with Gasteiger partial charge in [0.15, 0.2) is 5.82 Å². The molecule has 0 fully saturated rings. The van der Waals surface area contributed by atoms with Crippen molar-refractivity contribution in [2.24, 2.45) is 0 Å². The standard InChI is InChI=1S/C46H32N4/c1-2-12-33(13-3-1)46-47-40(31-22-26-34(27-23-31)49-42-18-8-4-14-36(42)37-15-5-9-19-43(37)49)30-41(48-46)32-24-28-35(29-25-32)50-44-20-10-6-16-38(44)39-17-7-11-21-45(39)50/h1-6,8-16,18-30H,7,17H2. The molecule has 9 aromatic rings. The van der Waals surface area contributed by atoms with Crippen LogP contribution in [0.25, 0.3) is 84.1 Å². The maximum Gasteiger partial charge on any atom is 0.160 e. The Kier molecular flexibility index (Phi) is 6.59. The Morgan fingerprint density at radius 3 is 1.54 bits per heavy atom. The van der Waals surface area contributed by atoms with E-state index in [0.29, 0.717) is 5.82 Å². The van der Waals surface area contributed by atoms with Gasteiger partial charge in [-0.1, -0.05) is 115 Å². The zero-order chi connectivity index (χ0) is 33.0. The third-order valence-electron chi connectivity index (χ3n) is 10.0. The average Bonchev–Trinajstić information content (AvgIpc) is 3.71. The van der Waals surface area contributed by atoms with Crippen LogP contribution in [0.4, 0.5) is 0 Å². The second-order valence-corrected chi connectivity index (χ2v) is 12.9. The summed E-state index contributed by atoms with van der Waals surface area (Å²) in [6.45, 7) is 0. The van der Waals surface area contributed by atoms with Crippen molar-refractivity contribution in [3.8, 4) is 45.3 Å². The fourth-order valence-electron chi connectivity index (χ4n) is 7.69. The number of allylic oxidation sites excluding steroid dienone is 1. The molecule has 0 N–H and O–H groups in total. The number of nitrogens with zero attached hydrogens (tertiary/aromatic N) is 4. The Morgan fingerprint density at radius 1 is 0.440 bits per heavy atom. The van der Waals surface area contributed by atoms with Crippen molar-refractivity contribution in [3.63, 3.8) is 0 Å². The van der Waals surface area contributed by atoms with Crippen LogP contribution in [0.5, 0.6) is 0 Å². The molecule has 0 unspecified atom stereocenters. The van der Waals surface area contributed by atoms with Crippen LogP contribution in [-0.4, -0.2) is 19.1 Å². The number of rotatable bonds is 5. The van der Waals surface area contributed by atoms with Crippen LogP contribution in [0.3, 0.4) is 0 Å². The van der Waals surface area contributed by atoms with Gasteiger partial charge in [0.05, 0.1) is 27.9 Å². The molecule has 0 radical (unpaired) electrons. The number of benzene rings is 6. The SMILES string of the molecule is C1=Cc2c(c3ccccc3n2-c2ccc(-c3cc(-c4ccc(-n5c6ccccc6c6ccccc65)cc4)nc(-c4ccccc4)n3)cc2)CC1. The van der Waals surface area contributed by atoms with E-state index in [1.54, 1.807) is 0 Å². The van der Waals surface area contributed by atoms with E-state index in [9.17, 15) is 0 Å². The summed E-state index contributed by atoms with van der Waals surface area (Å²) in [7, 11) is 0. The highest BCUT2D eigenvalue weighted by atomic mass is 15.0. The predicted octanol–water partition coefficient (Wildman–Crippen LogP) is 11.5. The molecule has 10 rings (SSSR count). The van der Waals surface area contributed by atoms with Crippen LogP contribution in [0.1, 0.15) is 17.7 Å². The Labute approximate surface area is 290 Å². The number of para-hydroxylation sites is 3. The summed E-state index contributed by atoms with van der Waals surface area (Å²) in [6, 6.07) is 55.9. The molecule has 3 heterocycles. The Bertz CT molecular complexity index is 2680. The van der Waals surface area contributed by atoms with Crippen molar-refractivity contribution < 1.29 is 0 Å². The minimum absolute atomic E-state index is 0.712. The van der Waals surface area contributed by atoms with E-state index in [2.05, 4.69) is 161 Å². The van der Waals surface area contributed by atoms with Crippen LogP contribution in [0, 0.1) is 0 Å². The molecule has 4 heteroatoms. The molecule has 0 saturated carbocycles. The van der Waals surface area contributed by atoms with Crippen molar-refractivity contribution in [2.75, 3.05) is 0 Å². The fourth-order valence-corrected chi connectivity index (χ4v) is 7.69. The van der Waals surface area contributed by atoms with Crippen LogP contribution >= 0.6 is 0 Å². The summed E-state index contributed by atoms with van der Waals surface area (Å²) < 4.78 is 4.74. The van der Waals surface area contributed by atoms with Crippen molar-refractivity contribution in [1.29, 1.82) is 0 Å². The highest BCUT2D eigenvalue weighted by molar-refractivity contribution is 6.09. The lowest BCUT2D eigenvalue weighted by Crippen LogP contribution is -2.00. The van der Waals surface area contributed by atoms with Gasteiger partial charge in [0.2, 0.25) is 0 Å². The van der Waals surface area contributed by atoms with E-state index in [4.69, 9.17) is 9.97 Å². The summed E-state index contributed by atoms with van der Waals surface area (Å²) in [5, 5.41) is 3.85. The zero-order valence-electron chi connectivity index (χ0n) is 27.4. The molecule has 6 aromatic carbocycles. The van der Waals surface area contributed by atoms with E-state index in [1.165, 1.54) is 44.0 Å². The molecule has 0 spiro atoms. The van der Waals surface area contributed by atoms with E-state index < -0.39 is 0 Å². The first-order valence-electron chi connectivity index (χ1n) is 17.2. The summed E-state index contributed by atoms with van der Waals surface area (Å²) in [5.74, 6) is 0.712. The first-order valence-corrected chi connectivity index (χ1v) is 17.2. The lowest BCUT2D eigenvalue weighted by Gasteiger charge is -2.13.